The molecular weight excluding hydrogens is 318 g/mol. The number of rotatable bonds is 5. The van der Waals surface area contributed by atoms with Gasteiger partial charge in [-0.2, -0.15) is 0 Å². The van der Waals surface area contributed by atoms with E-state index in [0.717, 1.165) is 18.4 Å². The largest absolute Gasteiger partial charge is 0.478 e. The first-order valence-corrected chi connectivity index (χ1v) is 8.61. The Balaban J connectivity index is 1.64. The van der Waals surface area contributed by atoms with Crippen molar-refractivity contribution in [2.75, 3.05) is 7.05 Å². The van der Waals surface area contributed by atoms with Gasteiger partial charge in [0.25, 0.3) is 0 Å². The van der Waals surface area contributed by atoms with Crippen LogP contribution in [0.2, 0.25) is 0 Å². The molecule has 1 aromatic heterocycles. The third-order valence-electron chi connectivity index (χ3n) is 4.79. The van der Waals surface area contributed by atoms with Gasteiger partial charge in [-0.05, 0) is 55.4 Å². The number of carboxylic acid groups (broad SMARTS) is 1. The quantitative estimate of drug-likeness (QED) is 0.905. The van der Waals surface area contributed by atoms with Crippen LogP contribution in [0.3, 0.4) is 0 Å². The standard InChI is InChI=1S/C20H23NO4/c1-13-18(20(23)24)11-17(25-13)12-21(2)19(22)10-14-7-8-15-5-3-4-6-16(15)9-14/h7-9,11H,3-6,10,12H2,1-2H3,(H,23,24). The van der Waals surface area contributed by atoms with Gasteiger partial charge in [0, 0.05) is 7.05 Å². The number of likely N-dealkylation sites (N-methyl/N-ethyl adjacent to an activating group) is 1. The van der Waals surface area contributed by atoms with Gasteiger partial charge in [0.2, 0.25) is 5.91 Å². The Morgan fingerprint density at radius 3 is 2.56 bits per heavy atom. The highest BCUT2D eigenvalue weighted by atomic mass is 16.4. The molecule has 25 heavy (non-hydrogen) atoms. The molecule has 0 radical (unpaired) electrons. The highest BCUT2D eigenvalue weighted by Gasteiger charge is 2.18. The van der Waals surface area contributed by atoms with E-state index in [4.69, 9.17) is 9.52 Å². The molecule has 0 bridgehead atoms. The van der Waals surface area contributed by atoms with E-state index in [1.54, 1.807) is 18.9 Å². The number of amides is 1. The third-order valence-corrected chi connectivity index (χ3v) is 4.79. The van der Waals surface area contributed by atoms with Crippen LogP contribution in [0.5, 0.6) is 0 Å². The van der Waals surface area contributed by atoms with Crippen molar-refractivity contribution in [1.29, 1.82) is 0 Å². The average Bonchev–Trinajstić information content (AvgIpc) is 2.95. The molecule has 0 aliphatic heterocycles. The number of fused-ring (bicyclic) bond motifs is 1. The Morgan fingerprint density at radius 2 is 1.88 bits per heavy atom. The summed E-state index contributed by atoms with van der Waals surface area (Å²) in [7, 11) is 1.71. The second kappa shape index (κ2) is 7.13. The fraction of sp³-hybridized carbons (Fsp3) is 0.400. The number of hydrogen-bond donors (Lipinski definition) is 1. The highest BCUT2D eigenvalue weighted by molar-refractivity contribution is 5.88. The fourth-order valence-electron chi connectivity index (χ4n) is 3.36. The predicted octanol–water partition coefficient (Wildman–Crippen LogP) is 3.37. The number of carbonyl (C=O) groups is 2. The van der Waals surface area contributed by atoms with E-state index in [9.17, 15) is 9.59 Å². The molecule has 2 aromatic rings. The van der Waals surface area contributed by atoms with Crippen molar-refractivity contribution in [3.63, 3.8) is 0 Å². The normalized spacial score (nSPS) is 13.4. The zero-order chi connectivity index (χ0) is 18.0. The minimum atomic E-state index is -1.02. The van der Waals surface area contributed by atoms with Crippen LogP contribution >= 0.6 is 0 Å². The van der Waals surface area contributed by atoms with E-state index in [0.29, 0.717) is 17.9 Å². The number of benzene rings is 1. The Morgan fingerprint density at radius 1 is 1.16 bits per heavy atom. The van der Waals surface area contributed by atoms with Crippen molar-refractivity contribution in [3.05, 3.63) is 58.0 Å². The number of hydrogen-bond acceptors (Lipinski definition) is 3. The number of furan rings is 1. The molecule has 0 saturated heterocycles. The Bertz CT molecular complexity index is 806. The van der Waals surface area contributed by atoms with Gasteiger partial charge in [0.05, 0.1) is 13.0 Å². The molecule has 132 valence electrons. The van der Waals surface area contributed by atoms with Crippen molar-refractivity contribution >= 4 is 11.9 Å². The second-order valence-electron chi connectivity index (χ2n) is 6.72. The van der Waals surface area contributed by atoms with Crippen LogP contribution in [0.25, 0.3) is 0 Å². The highest BCUT2D eigenvalue weighted by Crippen LogP contribution is 2.23. The lowest BCUT2D eigenvalue weighted by Crippen LogP contribution is -2.27. The van der Waals surface area contributed by atoms with Crippen LogP contribution in [-0.2, 0) is 30.6 Å². The van der Waals surface area contributed by atoms with Crippen LogP contribution in [0.4, 0.5) is 0 Å². The SMILES string of the molecule is Cc1oc(CN(C)C(=O)Cc2ccc3c(c2)CCCC3)cc1C(=O)O. The molecule has 1 aromatic carbocycles. The molecule has 0 atom stereocenters. The minimum Gasteiger partial charge on any atom is -0.478 e. The Kier molecular flexibility index (Phi) is 4.93. The van der Waals surface area contributed by atoms with Gasteiger partial charge in [0.1, 0.15) is 17.1 Å². The van der Waals surface area contributed by atoms with Crippen molar-refractivity contribution in [3.8, 4) is 0 Å². The molecule has 0 spiro atoms. The predicted molar refractivity (Wildman–Crippen MR) is 93.7 cm³/mol. The van der Waals surface area contributed by atoms with E-state index < -0.39 is 5.97 Å². The summed E-state index contributed by atoms with van der Waals surface area (Å²) < 4.78 is 5.45. The van der Waals surface area contributed by atoms with E-state index in [-0.39, 0.29) is 18.0 Å². The van der Waals surface area contributed by atoms with Gasteiger partial charge in [-0.25, -0.2) is 4.79 Å². The Labute approximate surface area is 147 Å². The molecule has 1 aliphatic rings. The lowest BCUT2D eigenvalue weighted by molar-refractivity contribution is -0.129. The second-order valence-corrected chi connectivity index (χ2v) is 6.72. The van der Waals surface area contributed by atoms with Crippen molar-refractivity contribution in [2.45, 2.75) is 45.6 Å². The smallest absolute Gasteiger partial charge is 0.339 e. The molecule has 5 heteroatoms. The van der Waals surface area contributed by atoms with Crippen molar-refractivity contribution in [2.24, 2.45) is 0 Å². The molecule has 3 rings (SSSR count). The molecule has 0 fully saturated rings. The van der Waals surface area contributed by atoms with Gasteiger partial charge >= 0.3 is 5.97 Å². The lowest BCUT2D eigenvalue weighted by Gasteiger charge is -2.18. The van der Waals surface area contributed by atoms with Crippen LogP contribution in [0.15, 0.2) is 28.7 Å². The summed E-state index contributed by atoms with van der Waals surface area (Å²) in [4.78, 5) is 25.1. The van der Waals surface area contributed by atoms with Crippen molar-refractivity contribution < 1.29 is 19.1 Å². The molecular formula is C20H23NO4. The van der Waals surface area contributed by atoms with Crippen molar-refractivity contribution in [1.82, 2.24) is 4.90 Å². The third kappa shape index (κ3) is 3.92. The van der Waals surface area contributed by atoms with Gasteiger partial charge in [-0.3, -0.25) is 4.79 Å². The fourth-order valence-corrected chi connectivity index (χ4v) is 3.36. The van der Waals surface area contributed by atoms with Crippen LogP contribution in [0, 0.1) is 6.92 Å². The van der Waals surface area contributed by atoms with Gasteiger partial charge in [0.15, 0.2) is 0 Å². The summed E-state index contributed by atoms with van der Waals surface area (Å²) in [5.74, 6) is -0.188. The zero-order valence-corrected chi connectivity index (χ0v) is 14.7. The topological polar surface area (TPSA) is 70.8 Å². The number of carbonyl (C=O) groups excluding carboxylic acids is 1. The molecule has 1 heterocycles. The van der Waals surface area contributed by atoms with E-state index in [2.05, 4.69) is 12.1 Å². The monoisotopic (exact) mass is 341 g/mol. The van der Waals surface area contributed by atoms with Gasteiger partial charge < -0.3 is 14.4 Å². The first-order valence-electron chi connectivity index (χ1n) is 8.61. The van der Waals surface area contributed by atoms with Gasteiger partial charge in [-0.1, -0.05) is 18.2 Å². The van der Waals surface area contributed by atoms with Crippen LogP contribution < -0.4 is 0 Å². The molecule has 0 unspecified atom stereocenters. The van der Waals surface area contributed by atoms with E-state index >= 15 is 0 Å². The minimum absolute atomic E-state index is 0.0123. The molecule has 1 N–H and O–H groups in total. The zero-order valence-electron chi connectivity index (χ0n) is 14.7. The first kappa shape index (κ1) is 17.3. The lowest BCUT2D eigenvalue weighted by atomic mass is 9.90. The molecule has 1 amide bonds. The summed E-state index contributed by atoms with van der Waals surface area (Å²) in [6, 6.07) is 7.82. The number of aromatic carboxylic acids is 1. The summed E-state index contributed by atoms with van der Waals surface area (Å²) in [6.45, 7) is 1.87. The average molecular weight is 341 g/mol. The number of nitrogens with zero attached hydrogens (tertiary/aromatic N) is 1. The maximum absolute atomic E-state index is 12.5. The molecule has 5 nitrogen and oxygen atoms in total. The van der Waals surface area contributed by atoms with E-state index in [1.807, 2.05) is 6.07 Å². The maximum Gasteiger partial charge on any atom is 0.339 e. The summed E-state index contributed by atoms with van der Waals surface area (Å²) >= 11 is 0. The van der Waals surface area contributed by atoms with E-state index in [1.165, 1.54) is 30.0 Å². The first-order chi connectivity index (χ1) is 11.9. The summed E-state index contributed by atoms with van der Waals surface area (Å²) in [5, 5.41) is 9.07. The number of carboxylic acids is 1. The summed E-state index contributed by atoms with van der Waals surface area (Å²) in [6.07, 6.45) is 5.03. The number of aryl methyl sites for hydroxylation is 3. The van der Waals surface area contributed by atoms with Crippen LogP contribution in [-0.4, -0.2) is 28.9 Å². The molecule has 0 saturated carbocycles. The molecule has 1 aliphatic carbocycles. The maximum atomic E-state index is 12.5. The van der Waals surface area contributed by atoms with Crippen LogP contribution in [0.1, 0.15) is 51.4 Å². The summed E-state index contributed by atoms with van der Waals surface area (Å²) in [5.41, 5.74) is 3.94. The Hall–Kier alpha value is -2.56. The van der Waals surface area contributed by atoms with Gasteiger partial charge in [-0.15, -0.1) is 0 Å².